The Labute approximate surface area is 711 Å². The maximum Gasteiger partial charge on any atom is 0.303 e. The lowest BCUT2D eigenvalue weighted by molar-refractivity contribution is -0.139. The molecule has 9 rings (SSSR count). The zero-order chi connectivity index (χ0) is 87.9. The number of ketones is 3. The van der Waals surface area contributed by atoms with Crippen molar-refractivity contribution in [1.29, 1.82) is 0 Å². The van der Waals surface area contributed by atoms with E-state index in [4.69, 9.17) is 48.5 Å². The van der Waals surface area contributed by atoms with Crippen LogP contribution in [0.4, 0.5) is 0 Å². The van der Waals surface area contributed by atoms with Crippen LogP contribution in [0.25, 0.3) is 64.7 Å². The molecule has 3 aromatic heterocycles. The Morgan fingerprint density at radius 3 is 0.793 bits per heavy atom. The third-order valence-electron chi connectivity index (χ3n) is 19.8. The zero-order valence-corrected chi connectivity index (χ0v) is 68.9. The number of amides is 7. The van der Waals surface area contributed by atoms with Crippen LogP contribution in [0.15, 0.2) is 198 Å². The summed E-state index contributed by atoms with van der Waals surface area (Å²) in [6.07, 6.45) is -1.36. The predicted octanol–water partition coefficient (Wildman–Crippen LogP) is 12.7. The maximum absolute atomic E-state index is 12.9. The minimum absolute atomic E-state index is 0.00500. The van der Waals surface area contributed by atoms with Crippen molar-refractivity contribution < 1.29 is 97.5 Å². The number of Topliss-reactive ketones (excluding diaryl/α,β-unsaturated/α-hetero) is 3. The fraction of sp³-hybridized carbons (Fsp3) is 0.308. The number of thiophene rings is 3. The highest BCUT2D eigenvalue weighted by atomic mass is 32.1. The van der Waals surface area contributed by atoms with Gasteiger partial charge in [0.15, 0.2) is 17.3 Å². The lowest BCUT2D eigenvalue weighted by Gasteiger charge is -2.20. The van der Waals surface area contributed by atoms with Crippen molar-refractivity contribution in [3.8, 4) is 64.7 Å². The largest absolute Gasteiger partial charge is 0.481 e. The normalized spacial score (nSPS) is 12.3. The van der Waals surface area contributed by atoms with Gasteiger partial charge in [0.1, 0.15) is 0 Å². The van der Waals surface area contributed by atoms with Crippen LogP contribution in [0.1, 0.15) is 139 Å². The van der Waals surface area contributed by atoms with Crippen molar-refractivity contribution in [2.24, 2.45) is 40.7 Å². The van der Waals surface area contributed by atoms with E-state index in [0.717, 1.165) is 81.4 Å². The summed E-state index contributed by atoms with van der Waals surface area (Å²) >= 11 is 4.97. The van der Waals surface area contributed by atoms with Gasteiger partial charge >= 0.3 is 29.8 Å². The summed E-state index contributed by atoms with van der Waals surface area (Å²) in [7, 11) is 0. The third kappa shape index (κ3) is 34.1. The molecule has 0 spiro atoms. The van der Waals surface area contributed by atoms with E-state index >= 15 is 0 Å². The van der Waals surface area contributed by atoms with E-state index in [2.05, 4.69) is 86.7 Å². The lowest BCUT2D eigenvalue weighted by Crippen LogP contribution is -2.43. The number of aliphatic carboxylic acids is 5. The minimum atomic E-state index is -1.13. The molecule has 6 atom stereocenters. The minimum Gasteiger partial charge on any atom is -0.481 e. The topological polar surface area (TPSA) is 497 Å². The van der Waals surface area contributed by atoms with Crippen molar-refractivity contribution in [3.63, 3.8) is 0 Å². The van der Waals surface area contributed by atoms with Crippen molar-refractivity contribution in [2.45, 2.75) is 159 Å². The molecule has 0 saturated heterocycles. The number of rotatable bonds is 49. The number of carboxylic acid groups (broad SMARTS) is 5. The second-order valence-corrected chi connectivity index (χ2v) is 31.7. The van der Waals surface area contributed by atoms with Crippen molar-refractivity contribution >= 4 is 123 Å². The number of benzene rings is 6. The van der Waals surface area contributed by atoms with Crippen LogP contribution in [0, 0.1) is 17.8 Å². The van der Waals surface area contributed by atoms with Crippen LogP contribution in [-0.4, -0.2) is 132 Å². The van der Waals surface area contributed by atoms with Gasteiger partial charge in [-0.05, 0) is 165 Å². The second kappa shape index (κ2) is 49.5. The fourth-order valence-electron chi connectivity index (χ4n) is 12.9. The van der Waals surface area contributed by atoms with Gasteiger partial charge in [0, 0.05) is 109 Å². The van der Waals surface area contributed by atoms with E-state index in [1.54, 1.807) is 34.0 Å². The van der Waals surface area contributed by atoms with Gasteiger partial charge in [-0.25, -0.2) is 0 Å². The Hall–Kier alpha value is -12.9. The van der Waals surface area contributed by atoms with Gasteiger partial charge in [0.25, 0.3) is 0 Å². The van der Waals surface area contributed by atoms with Gasteiger partial charge in [-0.2, -0.15) is 0 Å². The molecule has 0 radical (unpaired) electrons. The van der Waals surface area contributed by atoms with Gasteiger partial charge in [-0.3, -0.25) is 71.9 Å². The molecular formula is C91H99N7O20S3. The van der Waals surface area contributed by atoms with Crippen molar-refractivity contribution in [2.75, 3.05) is 0 Å². The first-order chi connectivity index (χ1) is 57.9. The summed E-state index contributed by atoms with van der Waals surface area (Å²) in [6.45, 7) is 0. The van der Waals surface area contributed by atoms with E-state index in [0.29, 0.717) is 19.3 Å². The molecule has 27 nitrogen and oxygen atoms in total. The smallest absolute Gasteiger partial charge is 0.303 e. The summed E-state index contributed by atoms with van der Waals surface area (Å²) in [5.74, 6) is -14.2. The molecule has 0 aliphatic heterocycles. The lowest BCUT2D eigenvalue weighted by atomic mass is 9.91. The van der Waals surface area contributed by atoms with Gasteiger partial charge in [0.05, 0.1) is 18.1 Å². The SMILES string of the molecule is NC(=O)CC[C@H](CC(=O)[C@H](CCC(=O)O)NC(=O)CCc1ccc(-c2cc(-c3ccccc3)cs2)cc1)C(N)=O.NC(=O)[C@H](CCC(=O)O)CC(=O)[C@H](CCC(=O)O)NC(=O)CCc1ccc(-c2cc(-c3ccccc3)cs2)cc1.NC(=O)[C@H](CCCC(=O)O)CC(=O)[C@H](CCC(=O)O)NC(=O)CCc1ccc(-c2cc(-c3ccccc3)cs2)cc1. The van der Waals surface area contributed by atoms with E-state index in [9.17, 15) is 71.9 Å². The first kappa shape index (κ1) is 95.2. The van der Waals surface area contributed by atoms with Gasteiger partial charge < -0.3 is 64.4 Å². The standard InChI is InChI=1S/C31H34N2O7S.C30H33N3O6S.C30H32N2O7S/c32-31(40)23(7-4-8-29(36)37)17-26(34)25(14-16-30(38)39)33-28(35)15-11-20-9-12-22(13-10-20)27-18-24(19-41-27)21-5-2-1-3-6-21;31-27(35)13-11-22(30(32)39)16-25(34)24(12-15-29(37)38)33-28(36)14-8-19-6-9-21(10-7-19)26-17-23(18-40-26)20-4-2-1-3-5-20;31-30(39)22(11-14-28(35)36)16-25(33)24(12-15-29(37)38)32-27(34)13-8-19-6-9-21(10-7-19)26-17-23(18-40-26)20-4-2-1-3-5-20/h1-3,5-6,9-10,12-13,18-19,23,25H,4,7-8,11,14-17H2,(H2,32,40)(H,33,35)(H,36,37)(H,38,39);1-7,9-10,17-18,22,24H,8,11-16H2,(H2,31,35)(H2,32,39)(H,33,36)(H,37,38);1-7,9-10,17-18,22,24H,8,11-16H2,(H2,31,39)(H,32,34)(H,35,36)(H,37,38)/t23-,25+;2*22-,24+/m111/s1. The summed E-state index contributed by atoms with van der Waals surface area (Å²) in [5, 5.41) is 59.0. The highest BCUT2D eigenvalue weighted by molar-refractivity contribution is 7.14. The number of primary amides is 4. The molecule has 3 heterocycles. The van der Waals surface area contributed by atoms with Crippen LogP contribution < -0.4 is 38.9 Å². The maximum atomic E-state index is 12.9. The van der Waals surface area contributed by atoms with E-state index < -0.39 is 124 Å². The molecule has 0 unspecified atom stereocenters. The molecule has 0 fully saturated rings. The number of carbonyl (C=O) groups excluding carboxylic acids is 10. The van der Waals surface area contributed by atoms with E-state index in [-0.39, 0.29) is 122 Å². The van der Waals surface area contributed by atoms with Gasteiger partial charge in [-0.15, -0.1) is 34.0 Å². The highest BCUT2D eigenvalue weighted by Gasteiger charge is 2.31. The number of hydrogen-bond acceptors (Lipinski definition) is 18. The average Bonchev–Trinajstić information content (AvgIpc) is 1.57. The number of aryl methyl sites for hydroxylation is 3. The predicted molar refractivity (Wildman–Crippen MR) is 461 cm³/mol. The average molecular weight is 1710 g/mol. The number of nitrogens with two attached hydrogens (primary N) is 4. The molecule has 0 aliphatic rings. The molecule has 0 aliphatic carbocycles. The quantitative estimate of drug-likeness (QED) is 0.0168. The Morgan fingerprint density at radius 2 is 0.537 bits per heavy atom. The molecule has 636 valence electrons. The molecule has 16 N–H and O–H groups in total. The summed E-state index contributed by atoms with van der Waals surface area (Å²) in [6, 6.07) is 57.2. The van der Waals surface area contributed by atoms with Crippen molar-refractivity contribution in [3.05, 3.63) is 215 Å². The number of hydrogen-bond donors (Lipinski definition) is 12. The third-order valence-corrected chi connectivity index (χ3v) is 22.7. The molecular weight excluding hydrogens is 1610 g/mol. The number of carbonyl (C=O) groups is 15. The van der Waals surface area contributed by atoms with Gasteiger partial charge in [0.2, 0.25) is 41.4 Å². The molecule has 9 aromatic rings. The summed E-state index contributed by atoms with van der Waals surface area (Å²) in [4.78, 5) is 181. The summed E-state index contributed by atoms with van der Waals surface area (Å²) in [5.41, 5.74) is 34.1. The molecule has 0 saturated carbocycles. The monoisotopic (exact) mass is 1710 g/mol. The van der Waals surface area contributed by atoms with Crippen LogP contribution >= 0.6 is 34.0 Å². The van der Waals surface area contributed by atoms with Crippen molar-refractivity contribution in [1.82, 2.24) is 16.0 Å². The first-order valence-corrected chi connectivity index (χ1v) is 41.9. The highest BCUT2D eigenvalue weighted by Crippen LogP contribution is 2.36. The zero-order valence-electron chi connectivity index (χ0n) is 66.5. The summed E-state index contributed by atoms with van der Waals surface area (Å²) < 4.78 is 0. The number of nitrogens with one attached hydrogen (secondary N) is 3. The molecule has 30 heteroatoms. The molecule has 7 amide bonds. The van der Waals surface area contributed by atoms with Gasteiger partial charge in [-0.1, -0.05) is 164 Å². The Bertz CT molecular complexity index is 4810. The molecule has 0 bridgehead atoms. The molecule has 6 aromatic carbocycles. The van der Waals surface area contributed by atoms with Crippen LogP contribution in [0.5, 0.6) is 0 Å². The fourth-order valence-corrected chi connectivity index (χ4v) is 15.7. The van der Waals surface area contributed by atoms with E-state index in [1.165, 1.54) is 0 Å². The van der Waals surface area contributed by atoms with E-state index in [1.807, 2.05) is 127 Å². The van der Waals surface area contributed by atoms with Crippen LogP contribution in [-0.2, 0) is 91.2 Å². The second-order valence-electron chi connectivity index (χ2n) is 29.0. The van der Waals surface area contributed by atoms with Crippen LogP contribution in [0.3, 0.4) is 0 Å². The first-order valence-electron chi connectivity index (χ1n) is 39.3. The Kier molecular flexibility index (Phi) is 38.9. The Balaban J connectivity index is 0.000000250. The number of carboxylic acids is 5. The Morgan fingerprint density at radius 1 is 0.281 bits per heavy atom. The molecule has 121 heavy (non-hydrogen) atoms. The van der Waals surface area contributed by atoms with Crippen LogP contribution in [0.2, 0.25) is 0 Å².